The van der Waals surface area contributed by atoms with Gasteiger partial charge in [-0.2, -0.15) is 13.5 Å². The number of methoxy groups -OCH3 is 2. The zero-order valence-corrected chi connectivity index (χ0v) is 35.4. The number of rotatable bonds is 12. The summed E-state index contributed by atoms with van der Waals surface area (Å²) in [5.41, 5.74) is 6.20. The van der Waals surface area contributed by atoms with Crippen molar-refractivity contribution in [1.29, 1.82) is 0 Å². The van der Waals surface area contributed by atoms with Gasteiger partial charge in [-0.1, -0.05) is 67.4 Å². The highest BCUT2D eigenvalue weighted by Gasteiger charge is 2.42. The van der Waals surface area contributed by atoms with E-state index in [0.29, 0.717) is 17.6 Å². The predicted molar refractivity (Wildman–Crippen MR) is 221 cm³/mol. The van der Waals surface area contributed by atoms with E-state index in [1.54, 1.807) is 44.7 Å². The molecule has 308 valence electrons. The first-order valence-corrected chi connectivity index (χ1v) is 22.1. The molecule has 11 nitrogen and oxygen atoms in total. The molecule has 0 bridgehead atoms. The number of hydrogen-bond donors (Lipinski definition) is 0. The summed E-state index contributed by atoms with van der Waals surface area (Å²) in [5.74, 6) is 1.87. The zero-order chi connectivity index (χ0) is 40.1. The molecular weight excluding hydrogens is 764 g/mol. The summed E-state index contributed by atoms with van der Waals surface area (Å²) in [6.07, 6.45) is 9.31. The third-order valence-corrected chi connectivity index (χ3v) is 13.2. The molecule has 0 N–H and O–H groups in total. The third kappa shape index (κ3) is 9.70. The number of fused-ring (bicyclic) bond motifs is 4. The molecule has 4 aromatic rings. The van der Waals surface area contributed by atoms with Gasteiger partial charge in [0.1, 0.15) is 11.5 Å². The SMILES string of the molecule is CCCN1C[C@@H](COS(=O)(=O)c2ccc(C)cc2)O[C@@H]2Cc3c(cccc3OC)C[C@H]21.CCCN1C[C@@H](Cn2cc(Cl)cn2)O[C@@H]2Cc3c(cccc3OC)C[C@H]21. The van der Waals surface area contributed by atoms with Crippen LogP contribution in [0.25, 0.3) is 0 Å². The number of morpholine rings is 2. The fraction of sp³-hybridized carbons (Fsp3) is 0.523. The van der Waals surface area contributed by atoms with Gasteiger partial charge in [-0.05, 0) is 92.2 Å². The molecule has 0 spiro atoms. The highest BCUT2D eigenvalue weighted by Crippen LogP contribution is 2.37. The second-order valence-electron chi connectivity index (χ2n) is 15.7. The van der Waals surface area contributed by atoms with Crippen molar-refractivity contribution in [2.75, 3.05) is 47.0 Å². The number of hydrogen-bond acceptors (Lipinski definition) is 10. The molecule has 0 radical (unpaired) electrons. The molecule has 2 saturated heterocycles. The quantitative estimate of drug-likeness (QED) is 0.146. The number of nitrogens with zero attached hydrogens (tertiary/aromatic N) is 4. The molecule has 8 rings (SSSR count). The fourth-order valence-electron chi connectivity index (χ4n) is 9.09. The van der Waals surface area contributed by atoms with E-state index < -0.39 is 10.1 Å². The van der Waals surface area contributed by atoms with Crippen molar-refractivity contribution < 1.29 is 31.5 Å². The van der Waals surface area contributed by atoms with Crippen molar-refractivity contribution in [2.45, 2.75) is 107 Å². The summed E-state index contributed by atoms with van der Waals surface area (Å²) in [6.45, 7) is 10.7. The molecule has 0 saturated carbocycles. The maximum absolute atomic E-state index is 12.6. The molecule has 6 atom stereocenters. The van der Waals surface area contributed by atoms with Gasteiger partial charge in [-0.25, -0.2) is 0 Å². The van der Waals surface area contributed by atoms with Crippen LogP contribution in [0, 0.1) is 6.92 Å². The van der Waals surface area contributed by atoms with Gasteiger partial charge in [0.2, 0.25) is 0 Å². The van der Waals surface area contributed by atoms with E-state index in [-0.39, 0.29) is 42.0 Å². The predicted octanol–water partition coefficient (Wildman–Crippen LogP) is 6.55. The van der Waals surface area contributed by atoms with Crippen molar-refractivity contribution in [3.05, 3.63) is 106 Å². The van der Waals surface area contributed by atoms with Gasteiger partial charge in [-0.3, -0.25) is 18.7 Å². The van der Waals surface area contributed by atoms with Gasteiger partial charge >= 0.3 is 0 Å². The molecule has 13 heteroatoms. The Kier molecular flexibility index (Phi) is 13.6. The van der Waals surface area contributed by atoms with Crippen molar-refractivity contribution in [2.24, 2.45) is 0 Å². The molecule has 2 aliphatic carbocycles. The number of aromatic nitrogens is 2. The largest absolute Gasteiger partial charge is 0.496 e. The van der Waals surface area contributed by atoms with E-state index in [9.17, 15) is 8.42 Å². The topological polar surface area (TPSA) is 105 Å². The van der Waals surface area contributed by atoms with Crippen LogP contribution in [0.15, 0.2) is 78.0 Å². The molecule has 0 amide bonds. The zero-order valence-electron chi connectivity index (χ0n) is 33.8. The lowest BCUT2D eigenvalue weighted by molar-refractivity contribution is -0.132. The summed E-state index contributed by atoms with van der Waals surface area (Å²) >= 11 is 6.01. The maximum atomic E-state index is 12.6. The minimum Gasteiger partial charge on any atom is -0.496 e. The van der Waals surface area contributed by atoms with Gasteiger partial charge in [0.15, 0.2) is 0 Å². The van der Waals surface area contributed by atoms with Gasteiger partial charge < -0.3 is 18.9 Å². The highest BCUT2D eigenvalue weighted by molar-refractivity contribution is 7.86. The van der Waals surface area contributed by atoms with E-state index in [1.807, 2.05) is 29.9 Å². The van der Waals surface area contributed by atoms with Crippen LogP contribution in [0.1, 0.15) is 54.5 Å². The van der Waals surface area contributed by atoms with Crippen molar-refractivity contribution in [1.82, 2.24) is 19.6 Å². The second kappa shape index (κ2) is 18.6. The Morgan fingerprint density at radius 1 is 0.772 bits per heavy atom. The number of aryl methyl sites for hydroxylation is 1. The van der Waals surface area contributed by atoms with Gasteiger partial charge in [0.05, 0.1) is 67.9 Å². The molecule has 2 aliphatic heterocycles. The standard InChI is InChI=1S/C24H31NO5S.C20H26ClN3O2/c1-4-12-25-15-19(16-29-31(26,27)20-10-8-17(2)9-11-20)30-24-14-21-18(13-22(24)25)6-5-7-23(21)28-3;1-3-7-23-12-16(13-24-11-15(21)10-22-24)26-20-9-17-14(8-18(20)23)5-4-6-19(17)25-2/h5-11,19,22,24H,4,12-16H2,1-3H3;4-6,10-11,16,18,20H,3,7-9,12-13H2,1-2H3/t19-,22+,24+;16-,18+,20+/m00/s1. The Morgan fingerprint density at radius 2 is 1.32 bits per heavy atom. The van der Waals surface area contributed by atoms with E-state index in [4.69, 9.17) is 34.7 Å². The van der Waals surface area contributed by atoms with Gasteiger partial charge in [0.25, 0.3) is 10.1 Å². The van der Waals surface area contributed by atoms with E-state index in [0.717, 1.165) is 81.8 Å². The normalized spacial score (nSPS) is 24.6. The Hall–Kier alpha value is -3.49. The van der Waals surface area contributed by atoms with Crippen molar-refractivity contribution >= 4 is 21.7 Å². The first-order valence-electron chi connectivity index (χ1n) is 20.3. The molecule has 3 heterocycles. The molecule has 4 aliphatic rings. The monoisotopic (exact) mass is 820 g/mol. The molecule has 0 unspecified atom stereocenters. The minimum absolute atomic E-state index is 0.0123. The van der Waals surface area contributed by atoms with Crippen LogP contribution < -0.4 is 9.47 Å². The van der Waals surface area contributed by atoms with E-state index in [1.165, 1.54) is 22.3 Å². The summed E-state index contributed by atoms with van der Waals surface area (Å²) in [6, 6.07) is 20.0. The molecule has 1 aromatic heterocycles. The maximum Gasteiger partial charge on any atom is 0.297 e. The summed E-state index contributed by atoms with van der Waals surface area (Å²) < 4.78 is 56.6. The summed E-state index contributed by atoms with van der Waals surface area (Å²) in [4.78, 5) is 5.21. The second-order valence-corrected chi connectivity index (χ2v) is 17.7. The first-order chi connectivity index (χ1) is 27.6. The summed E-state index contributed by atoms with van der Waals surface area (Å²) in [5, 5.41) is 4.98. The Bertz CT molecular complexity index is 2060. The van der Waals surface area contributed by atoms with Crippen LogP contribution >= 0.6 is 11.6 Å². The molecule has 2 fully saturated rings. The van der Waals surface area contributed by atoms with E-state index >= 15 is 0 Å². The van der Waals surface area contributed by atoms with E-state index in [2.05, 4.69) is 53.0 Å². The van der Waals surface area contributed by atoms with Gasteiger partial charge in [0, 0.05) is 44.2 Å². The van der Waals surface area contributed by atoms with Crippen molar-refractivity contribution in [3.8, 4) is 11.5 Å². The van der Waals surface area contributed by atoms with Crippen molar-refractivity contribution in [3.63, 3.8) is 0 Å². The van der Waals surface area contributed by atoms with Crippen LogP contribution in [0.3, 0.4) is 0 Å². The Labute approximate surface area is 343 Å². The lowest BCUT2D eigenvalue weighted by atomic mass is 9.83. The summed E-state index contributed by atoms with van der Waals surface area (Å²) in [7, 11) is -0.372. The molecular formula is C44H57ClN4O7S. The lowest BCUT2D eigenvalue weighted by Crippen LogP contribution is -2.59. The third-order valence-electron chi connectivity index (χ3n) is 11.7. The number of benzene rings is 3. The van der Waals surface area contributed by atoms with Crippen LogP contribution in [-0.2, 0) is 56.0 Å². The smallest absolute Gasteiger partial charge is 0.297 e. The fourth-order valence-corrected chi connectivity index (χ4v) is 10.2. The average Bonchev–Trinajstić information content (AvgIpc) is 3.62. The Balaban J connectivity index is 0.000000177. The first kappa shape index (κ1) is 41.7. The number of halogens is 1. The van der Waals surface area contributed by atoms with Crippen LogP contribution in [0.4, 0.5) is 0 Å². The Morgan fingerprint density at radius 3 is 1.82 bits per heavy atom. The minimum atomic E-state index is -3.81. The molecule has 3 aromatic carbocycles. The average molecular weight is 821 g/mol. The molecule has 57 heavy (non-hydrogen) atoms. The highest BCUT2D eigenvalue weighted by atomic mass is 35.5. The van der Waals surface area contributed by atoms with Crippen LogP contribution in [-0.4, -0.2) is 112 Å². The van der Waals surface area contributed by atoms with Gasteiger partial charge in [-0.15, -0.1) is 0 Å². The number of ether oxygens (including phenoxy) is 4. The lowest BCUT2D eigenvalue weighted by Gasteiger charge is -2.47. The van der Waals surface area contributed by atoms with Crippen LogP contribution in [0.5, 0.6) is 11.5 Å². The van der Waals surface area contributed by atoms with Crippen LogP contribution in [0.2, 0.25) is 5.02 Å².